The van der Waals surface area contributed by atoms with E-state index in [1.807, 2.05) is 20.8 Å². The molecule has 0 atom stereocenters. The molecule has 1 aromatic heterocycles. The zero-order chi connectivity index (χ0) is 12.1. The first-order valence-electron chi connectivity index (χ1n) is 5.79. The van der Waals surface area contributed by atoms with Gasteiger partial charge in [0.05, 0.1) is 5.69 Å². The first kappa shape index (κ1) is 12.7. The number of unbranched alkanes of at least 4 members (excludes halogenated alkanes) is 1. The van der Waals surface area contributed by atoms with Crippen LogP contribution in [0.2, 0.25) is 0 Å². The smallest absolute Gasteiger partial charge is 0.304 e. The number of carbonyl (C=O) groups excluding carboxylic acids is 1. The Hall–Kier alpha value is -1.32. The predicted octanol–water partition coefficient (Wildman–Crippen LogP) is 2.77. The number of hydrogen-bond donors (Lipinski definition) is 0. The van der Waals surface area contributed by atoms with E-state index in [9.17, 15) is 4.79 Å². The van der Waals surface area contributed by atoms with Crippen LogP contribution in [-0.4, -0.2) is 17.4 Å². The summed E-state index contributed by atoms with van der Waals surface area (Å²) < 4.78 is 5.29. The second kappa shape index (κ2) is 5.68. The van der Waals surface area contributed by atoms with E-state index in [2.05, 4.69) is 11.9 Å². The maximum Gasteiger partial charge on any atom is 0.304 e. The molecule has 1 heterocycles. The van der Waals surface area contributed by atoms with Crippen molar-refractivity contribution in [2.45, 2.75) is 40.5 Å². The first-order chi connectivity index (χ1) is 7.56. The molecule has 0 spiro atoms. The summed E-state index contributed by atoms with van der Waals surface area (Å²) in [7, 11) is 0. The summed E-state index contributed by atoms with van der Waals surface area (Å²) in [6, 6.07) is 0.421. The highest BCUT2D eigenvalue weighted by molar-refractivity contribution is 5.92. The van der Waals surface area contributed by atoms with Gasteiger partial charge in [0.2, 0.25) is 5.91 Å². The number of oxazole rings is 1. The number of rotatable bonds is 5. The van der Waals surface area contributed by atoms with Crippen LogP contribution in [0.15, 0.2) is 10.7 Å². The molecular weight excluding hydrogens is 204 g/mol. The van der Waals surface area contributed by atoms with Crippen LogP contribution in [0.25, 0.3) is 0 Å². The van der Waals surface area contributed by atoms with E-state index in [-0.39, 0.29) is 11.8 Å². The molecule has 4 heteroatoms. The number of nitrogens with zero attached hydrogens (tertiary/aromatic N) is 2. The number of aromatic nitrogens is 1. The molecular formula is C12H20N2O2. The lowest BCUT2D eigenvalue weighted by atomic mass is 10.2. The van der Waals surface area contributed by atoms with Gasteiger partial charge in [-0.2, -0.15) is 4.98 Å². The Balaban J connectivity index is 2.82. The van der Waals surface area contributed by atoms with Crippen LogP contribution in [0.1, 0.15) is 39.3 Å². The van der Waals surface area contributed by atoms with Gasteiger partial charge in [-0.25, -0.2) is 0 Å². The summed E-state index contributed by atoms with van der Waals surface area (Å²) >= 11 is 0. The van der Waals surface area contributed by atoms with Crippen molar-refractivity contribution in [3.8, 4) is 0 Å². The van der Waals surface area contributed by atoms with Crippen molar-refractivity contribution < 1.29 is 9.21 Å². The Morgan fingerprint density at radius 1 is 1.56 bits per heavy atom. The summed E-state index contributed by atoms with van der Waals surface area (Å²) in [4.78, 5) is 17.8. The van der Waals surface area contributed by atoms with Crippen LogP contribution in [0.5, 0.6) is 0 Å². The van der Waals surface area contributed by atoms with Crippen molar-refractivity contribution in [1.29, 1.82) is 0 Å². The number of aryl methyl sites for hydroxylation is 1. The van der Waals surface area contributed by atoms with E-state index in [0.29, 0.717) is 12.6 Å². The van der Waals surface area contributed by atoms with Gasteiger partial charge in [0.25, 0.3) is 0 Å². The van der Waals surface area contributed by atoms with Crippen molar-refractivity contribution in [2.75, 3.05) is 11.4 Å². The maximum absolute atomic E-state index is 12.0. The van der Waals surface area contributed by atoms with E-state index in [4.69, 9.17) is 4.42 Å². The molecule has 0 fully saturated rings. The Morgan fingerprint density at radius 3 is 2.69 bits per heavy atom. The largest absolute Gasteiger partial charge is 0.431 e. The van der Waals surface area contributed by atoms with E-state index < -0.39 is 0 Å². The molecule has 0 radical (unpaired) electrons. The third kappa shape index (κ3) is 3.08. The molecule has 0 aliphatic carbocycles. The number of amides is 1. The average molecular weight is 224 g/mol. The molecule has 0 aliphatic rings. The Kier molecular flexibility index (Phi) is 4.52. The molecule has 1 aromatic rings. The molecule has 0 unspecified atom stereocenters. The third-order valence-corrected chi connectivity index (χ3v) is 2.33. The minimum Gasteiger partial charge on any atom is -0.431 e. The molecule has 0 saturated carbocycles. The highest BCUT2D eigenvalue weighted by Crippen LogP contribution is 2.16. The fourth-order valence-electron chi connectivity index (χ4n) is 1.39. The van der Waals surface area contributed by atoms with Gasteiger partial charge in [0.1, 0.15) is 6.26 Å². The van der Waals surface area contributed by atoms with E-state index in [1.54, 1.807) is 11.2 Å². The lowest BCUT2D eigenvalue weighted by molar-refractivity contribution is -0.121. The summed E-state index contributed by atoms with van der Waals surface area (Å²) in [5.41, 5.74) is 0.799. The quantitative estimate of drug-likeness (QED) is 0.772. The lowest BCUT2D eigenvalue weighted by Gasteiger charge is -2.20. The first-order valence-corrected chi connectivity index (χ1v) is 5.79. The summed E-state index contributed by atoms with van der Waals surface area (Å²) in [5.74, 6) is 0.0272. The van der Waals surface area contributed by atoms with Crippen molar-refractivity contribution >= 4 is 11.9 Å². The third-order valence-electron chi connectivity index (χ3n) is 2.33. The molecule has 90 valence electrons. The zero-order valence-electron chi connectivity index (χ0n) is 10.5. The van der Waals surface area contributed by atoms with E-state index in [1.165, 1.54) is 0 Å². The summed E-state index contributed by atoms with van der Waals surface area (Å²) in [5, 5.41) is 0. The standard InChI is InChI=1S/C12H20N2O2/c1-5-6-7-14(11(15)9(2)3)12-13-10(4)8-16-12/h8-9H,5-7H2,1-4H3. The van der Waals surface area contributed by atoms with Gasteiger partial charge in [-0.05, 0) is 13.3 Å². The fraction of sp³-hybridized carbons (Fsp3) is 0.667. The highest BCUT2D eigenvalue weighted by Gasteiger charge is 2.22. The highest BCUT2D eigenvalue weighted by atomic mass is 16.4. The van der Waals surface area contributed by atoms with Gasteiger partial charge >= 0.3 is 6.01 Å². The average Bonchev–Trinajstić information content (AvgIpc) is 2.65. The van der Waals surface area contributed by atoms with Crippen LogP contribution >= 0.6 is 0 Å². The van der Waals surface area contributed by atoms with Crippen molar-refractivity contribution in [2.24, 2.45) is 5.92 Å². The summed E-state index contributed by atoms with van der Waals surface area (Å²) in [6.45, 7) is 8.39. The van der Waals surface area contributed by atoms with Crippen LogP contribution in [-0.2, 0) is 4.79 Å². The second-order valence-electron chi connectivity index (χ2n) is 4.27. The Morgan fingerprint density at radius 2 is 2.25 bits per heavy atom. The molecule has 0 aliphatic heterocycles. The van der Waals surface area contributed by atoms with Crippen LogP contribution in [0.3, 0.4) is 0 Å². The SMILES string of the molecule is CCCCN(C(=O)C(C)C)c1nc(C)co1. The lowest BCUT2D eigenvalue weighted by Crippen LogP contribution is -2.35. The number of anilines is 1. The summed E-state index contributed by atoms with van der Waals surface area (Å²) in [6.07, 6.45) is 3.57. The van der Waals surface area contributed by atoms with Gasteiger partial charge in [0.15, 0.2) is 0 Å². The molecule has 0 saturated heterocycles. The number of carbonyl (C=O) groups is 1. The normalized spacial score (nSPS) is 10.8. The van der Waals surface area contributed by atoms with Crippen LogP contribution in [0.4, 0.5) is 6.01 Å². The topological polar surface area (TPSA) is 46.3 Å². The maximum atomic E-state index is 12.0. The fourth-order valence-corrected chi connectivity index (χ4v) is 1.39. The van der Waals surface area contributed by atoms with Crippen LogP contribution in [0, 0.1) is 12.8 Å². The molecule has 1 amide bonds. The van der Waals surface area contributed by atoms with E-state index in [0.717, 1.165) is 18.5 Å². The minimum atomic E-state index is -0.0379. The molecule has 0 aromatic carbocycles. The Bertz CT molecular complexity index is 345. The second-order valence-corrected chi connectivity index (χ2v) is 4.27. The van der Waals surface area contributed by atoms with Crippen molar-refractivity contribution in [3.63, 3.8) is 0 Å². The molecule has 0 N–H and O–H groups in total. The van der Waals surface area contributed by atoms with Crippen molar-refractivity contribution in [1.82, 2.24) is 4.98 Å². The van der Waals surface area contributed by atoms with Gasteiger partial charge in [-0.15, -0.1) is 0 Å². The molecule has 1 rings (SSSR count). The molecule has 4 nitrogen and oxygen atoms in total. The molecule has 0 bridgehead atoms. The zero-order valence-corrected chi connectivity index (χ0v) is 10.5. The van der Waals surface area contributed by atoms with Gasteiger partial charge in [0, 0.05) is 12.5 Å². The van der Waals surface area contributed by atoms with Gasteiger partial charge in [-0.1, -0.05) is 27.2 Å². The van der Waals surface area contributed by atoms with Crippen molar-refractivity contribution in [3.05, 3.63) is 12.0 Å². The van der Waals surface area contributed by atoms with Crippen LogP contribution < -0.4 is 4.90 Å². The monoisotopic (exact) mass is 224 g/mol. The predicted molar refractivity (Wildman–Crippen MR) is 63.3 cm³/mol. The molecule has 16 heavy (non-hydrogen) atoms. The Labute approximate surface area is 96.7 Å². The minimum absolute atomic E-state index is 0.0379. The van der Waals surface area contributed by atoms with Gasteiger partial charge < -0.3 is 4.42 Å². The number of hydrogen-bond acceptors (Lipinski definition) is 3. The van der Waals surface area contributed by atoms with E-state index >= 15 is 0 Å². The van der Waals surface area contributed by atoms with Gasteiger partial charge in [-0.3, -0.25) is 9.69 Å².